The number of allylic oxidation sites excluding steroid dienone is 1. The first-order chi connectivity index (χ1) is 11.9. The number of carbonyl (C=O) groups is 2. The van der Waals surface area contributed by atoms with Gasteiger partial charge in [0.05, 0.1) is 19.1 Å². The highest BCUT2D eigenvalue weighted by molar-refractivity contribution is 5.92. The SMILES string of the molecule is C[C@@H]1[C@H](O)C[C@@]23COC(=O)C2=CCC[C@@H]3[C@@]1(C)CC[C@@H]1COC(=O)C1. The summed E-state index contributed by atoms with van der Waals surface area (Å²) in [7, 11) is 0. The molecule has 2 aliphatic heterocycles. The van der Waals surface area contributed by atoms with Crippen molar-refractivity contribution >= 4 is 11.9 Å². The van der Waals surface area contributed by atoms with Crippen LogP contribution in [0.15, 0.2) is 11.6 Å². The molecule has 1 N–H and O–H groups in total. The summed E-state index contributed by atoms with van der Waals surface area (Å²) < 4.78 is 10.6. The molecule has 3 fully saturated rings. The van der Waals surface area contributed by atoms with Gasteiger partial charge in [-0.05, 0) is 49.4 Å². The molecular weight excluding hydrogens is 320 g/mol. The number of rotatable bonds is 3. The van der Waals surface area contributed by atoms with Gasteiger partial charge in [-0.3, -0.25) is 4.79 Å². The minimum atomic E-state index is -0.432. The van der Waals surface area contributed by atoms with Crippen LogP contribution in [0.25, 0.3) is 0 Å². The van der Waals surface area contributed by atoms with Gasteiger partial charge in [0.15, 0.2) is 0 Å². The highest BCUT2D eigenvalue weighted by Gasteiger charge is 2.63. The molecule has 4 rings (SSSR count). The maximum absolute atomic E-state index is 12.2. The van der Waals surface area contributed by atoms with Crippen LogP contribution in [-0.2, 0) is 19.1 Å². The first-order valence-corrected chi connectivity index (χ1v) is 9.58. The lowest BCUT2D eigenvalue weighted by Gasteiger charge is -2.58. The van der Waals surface area contributed by atoms with E-state index in [0.717, 1.165) is 31.3 Å². The van der Waals surface area contributed by atoms with Gasteiger partial charge in [0, 0.05) is 16.9 Å². The number of esters is 2. The number of aliphatic hydroxyl groups excluding tert-OH is 1. The van der Waals surface area contributed by atoms with Crippen LogP contribution in [0.3, 0.4) is 0 Å². The van der Waals surface area contributed by atoms with Crippen molar-refractivity contribution in [3.05, 3.63) is 11.6 Å². The number of aliphatic hydroxyl groups is 1. The van der Waals surface area contributed by atoms with E-state index < -0.39 is 6.10 Å². The summed E-state index contributed by atoms with van der Waals surface area (Å²) in [5.74, 6) is 0.496. The number of hydrogen-bond acceptors (Lipinski definition) is 5. The van der Waals surface area contributed by atoms with Gasteiger partial charge < -0.3 is 14.6 Å². The number of hydrogen-bond donors (Lipinski definition) is 1. The van der Waals surface area contributed by atoms with Gasteiger partial charge in [0.25, 0.3) is 0 Å². The Balaban J connectivity index is 1.62. The maximum atomic E-state index is 12.2. The van der Waals surface area contributed by atoms with Crippen molar-refractivity contribution in [2.75, 3.05) is 13.2 Å². The molecule has 0 amide bonds. The number of cyclic esters (lactones) is 2. The summed E-state index contributed by atoms with van der Waals surface area (Å²) in [6.45, 7) is 5.35. The standard InChI is InChI=1S/C20H28O5/c1-12-15(21)9-20-11-25-18(23)14(20)4-3-5-16(20)19(12,2)7-6-13-8-17(22)24-10-13/h4,12-13,15-16,21H,3,5-11H2,1-2H3/t12-,13+,15-,16-,19+,20-/m1/s1. The second-order valence-corrected chi connectivity index (χ2v) is 8.84. The van der Waals surface area contributed by atoms with Crippen molar-refractivity contribution in [3.63, 3.8) is 0 Å². The van der Waals surface area contributed by atoms with E-state index >= 15 is 0 Å². The molecule has 5 nitrogen and oxygen atoms in total. The summed E-state index contributed by atoms with van der Waals surface area (Å²) in [4.78, 5) is 23.6. The fourth-order valence-corrected chi connectivity index (χ4v) is 6.04. The molecule has 4 aliphatic rings. The Morgan fingerprint density at radius 2 is 2.12 bits per heavy atom. The molecule has 25 heavy (non-hydrogen) atoms. The van der Waals surface area contributed by atoms with E-state index in [0.29, 0.717) is 32.0 Å². The molecule has 0 radical (unpaired) electrons. The lowest BCUT2D eigenvalue weighted by atomic mass is 9.46. The van der Waals surface area contributed by atoms with Gasteiger partial charge in [-0.1, -0.05) is 19.9 Å². The molecule has 6 atom stereocenters. The summed E-state index contributed by atoms with van der Waals surface area (Å²) in [5, 5.41) is 10.8. The minimum absolute atomic E-state index is 0.0726. The van der Waals surface area contributed by atoms with E-state index in [1.807, 2.05) is 6.08 Å². The molecule has 138 valence electrons. The second kappa shape index (κ2) is 5.83. The third-order valence-electron chi connectivity index (χ3n) is 7.70. The fraction of sp³-hybridized carbons (Fsp3) is 0.800. The lowest BCUT2D eigenvalue weighted by molar-refractivity contribution is -0.139. The van der Waals surface area contributed by atoms with E-state index in [-0.39, 0.29) is 34.6 Å². The highest BCUT2D eigenvalue weighted by atomic mass is 16.5. The van der Waals surface area contributed by atoms with Crippen molar-refractivity contribution < 1.29 is 24.2 Å². The predicted octanol–water partition coefficient (Wildman–Crippen LogP) is 2.62. The molecule has 2 heterocycles. The molecule has 0 bridgehead atoms. The monoisotopic (exact) mass is 348 g/mol. The Hall–Kier alpha value is -1.36. The molecule has 1 spiro atoms. The molecule has 2 saturated heterocycles. The van der Waals surface area contributed by atoms with Crippen LogP contribution in [0.5, 0.6) is 0 Å². The number of carbonyl (C=O) groups excluding carboxylic acids is 2. The van der Waals surface area contributed by atoms with Gasteiger partial charge in [0.2, 0.25) is 0 Å². The van der Waals surface area contributed by atoms with E-state index in [2.05, 4.69) is 13.8 Å². The van der Waals surface area contributed by atoms with Gasteiger partial charge in [-0.15, -0.1) is 0 Å². The predicted molar refractivity (Wildman–Crippen MR) is 90.4 cm³/mol. The summed E-state index contributed by atoms with van der Waals surface area (Å²) in [6, 6.07) is 0. The van der Waals surface area contributed by atoms with Crippen molar-refractivity contribution in [2.45, 2.75) is 58.5 Å². The molecule has 2 aliphatic carbocycles. The van der Waals surface area contributed by atoms with Crippen LogP contribution in [0.1, 0.15) is 52.4 Å². The molecule has 0 aromatic heterocycles. The summed E-state index contributed by atoms with van der Waals surface area (Å²) >= 11 is 0. The molecule has 5 heteroatoms. The zero-order valence-electron chi connectivity index (χ0n) is 15.1. The van der Waals surface area contributed by atoms with Crippen LogP contribution in [0.2, 0.25) is 0 Å². The third kappa shape index (κ3) is 2.46. The molecule has 0 aromatic carbocycles. The van der Waals surface area contributed by atoms with Crippen LogP contribution >= 0.6 is 0 Å². The Morgan fingerprint density at radius 3 is 2.84 bits per heavy atom. The van der Waals surface area contributed by atoms with Crippen molar-refractivity contribution in [3.8, 4) is 0 Å². The first-order valence-electron chi connectivity index (χ1n) is 9.58. The van der Waals surface area contributed by atoms with E-state index in [4.69, 9.17) is 9.47 Å². The molecular formula is C20H28O5. The molecule has 0 aromatic rings. The zero-order valence-corrected chi connectivity index (χ0v) is 15.1. The average molecular weight is 348 g/mol. The number of ether oxygens (including phenoxy) is 2. The average Bonchev–Trinajstić information content (AvgIpc) is 3.15. The van der Waals surface area contributed by atoms with Gasteiger partial charge in [-0.25, -0.2) is 4.79 Å². The summed E-state index contributed by atoms with van der Waals surface area (Å²) in [6.07, 6.45) is 6.55. The Labute approximate surface area is 148 Å². The molecule has 0 unspecified atom stereocenters. The van der Waals surface area contributed by atoms with Crippen molar-refractivity contribution in [1.82, 2.24) is 0 Å². The minimum Gasteiger partial charge on any atom is -0.465 e. The third-order valence-corrected chi connectivity index (χ3v) is 7.70. The summed E-state index contributed by atoms with van der Waals surface area (Å²) in [5.41, 5.74) is 0.412. The van der Waals surface area contributed by atoms with Crippen LogP contribution in [0, 0.1) is 28.6 Å². The fourth-order valence-electron chi connectivity index (χ4n) is 6.04. The van der Waals surface area contributed by atoms with Gasteiger partial charge in [-0.2, -0.15) is 0 Å². The van der Waals surface area contributed by atoms with Gasteiger partial charge in [0.1, 0.15) is 6.61 Å². The van der Waals surface area contributed by atoms with Crippen molar-refractivity contribution in [1.29, 1.82) is 0 Å². The normalized spacial score (nSPS) is 46.1. The Bertz CT molecular complexity index is 626. The smallest absolute Gasteiger partial charge is 0.334 e. The second-order valence-electron chi connectivity index (χ2n) is 8.84. The molecule has 1 saturated carbocycles. The highest BCUT2D eigenvalue weighted by Crippen LogP contribution is 2.64. The Morgan fingerprint density at radius 1 is 1.32 bits per heavy atom. The van der Waals surface area contributed by atoms with E-state index in [1.165, 1.54) is 0 Å². The largest absolute Gasteiger partial charge is 0.465 e. The van der Waals surface area contributed by atoms with Crippen LogP contribution in [0.4, 0.5) is 0 Å². The maximum Gasteiger partial charge on any atom is 0.334 e. The Kier molecular flexibility index (Phi) is 3.98. The van der Waals surface area contributed by atoms with Crippen LogP contribution in [-0.4, -0.2) is 36.4 Å². The van der Waals surface area contributed by atoms with E-state index in [1.54, 1.807) is 0 Å². The van der Waals surface area contributed by atoms with E-state index in [9.17, 15) is 14.7 Å². The topological polar surface area (TPSA) is 72.8 Å². The van der Waals surface area contributed by atoms with Crippen molar-refractivity contribution in [2.24, 2.45) is 28.6 Å². The lowest BCUT2D eigenvalue weighted by Crippen LogP contribution is -2.56. The quantitative estimate of drug-likeness (QED) is 0.794. The zero-order chi connectivity index (χ0) is 17.8. The first kappa shape index (κ1) is 17.1. The van der Waals surface area contributed by atoms with Crippen LogP contribution < -0.4 is 0 Å². The van der Waals surface area contributed by atoms with Gasteiger partial charge >= 0.3 is 11.9 Å².